The summed E-state index contributed by atoms with van der Waals surface area (Å²) < 4.78 is 1.02. The van der Waals surface area contributed by atoms with Crippen molar-refractivity contribution in [1.82, 2.24) is 4.98 Å². The Balaban J connectivity index is 1.75. The Kier molecular flexibility index (Phi) is 3.56. The number of aryl methyl sites for hydroxylation is 2. The van der Waals surface area contributed by atoms with Gasteiger partial charge in [0.2, 0.25) is 0 Å². The number of aromatic nitrogens is 1. The van der Waals surface area contributed by atoms with Crippen molar-refractivity contribution in [3.05, 3.63) is 57.7 Å². The third-order valence-electron chi connectivity index (χ3n) is 3.69. The van der Waals surface area contributed by atoms with E-state index < -0.39 is 0 Å². The van der Waals surface area contributed by atoms with Crippen LogP contribution in [0.5, 0.6) is 0 Å². The van der Waals surface area contributed by atoms with Gasteiger partial charge in [0.15, 0.2) is 0 Å². The second-order valence-corrected chi connectivity index (χ2v) is 6.06. The summed E-state index contributed by atoms with van der Waals surface area (Å²) in [6.07, 6.45) is 5.64. The second kappa shape index (κ2) is 5.33. The van der Waals surface area contributed by atoms with Crippen molar-refractivity contribution in [3.63, 3.8) is 0 Å². The molecular weight excluding hydrogens is 300 g/mol. The molecule has 1 heterocycles. The molecule has 1 aliphatic rings. The van der Waals surface area contributed by atoms with Crippen molar-refractivity contribution < 1.29 is 0 Å². The van der Waals surface area contributed by atoms with Gasteiger partial charge in [-0.3, -0.25) is 0 Å². The minimum absolute atomic E-state index is 0.905. The maximum absolute atomic E-state index is 4.43. The molecule has 1 aromatic carbocycles. The summed E-state index contributed by atoms with van der Waals surface area (Å²) in [6.45, 7) is 0.905. The van der Waals surface area contributed by atoms with Crippen molar-refractivity contribution in [2.45, 2.75) is 25.8 Å². The summed E-state index contributed by atoms with van der Waals surface area (Å²) in [4.78, 5) is 6.61. The van der Waals surface area contributed by atoms with Crippen molar-refractivity contribution in [2.24, 2.45) is 0 Å². The van der Waals surface area contributed by atoms with Gasteiger partial charge in [-0.25, -0.2) is 4.98 Å². The van der Waals surface area contributed by atoms with Crippen molar-refractivity contribution in [1.29, 1.82) is 0 Å². The number of hydrogen-bond acceptors (Lipinski definition) is 2. The Bertz CT molecular complexity index is 578. The highest BCUT2D eigenvalue weighted by Crippen LogP contribution is 2.24. The maximum atomic E-state index is 4.43. The minimum atomic E-state index is 0.905. The van der Waals surface area contributed by atoms with Gasteiger partial charge in [-0.1, -0.05) is 18.2 Å². The van der Waals surface area contributed by atoms with E-state index in [1.165, 1.54) is 36.0 Å². The molecule has 2 nitrogen and oxygen atoms in total. The van der Waals surface area contributed by atoms with Crippen LogP contribution in [0.15, 0.2) is 41.0 Å². The van der Waals surface area contributed by atoms with Gasteiger partial charge in [-0.2, -0.15) is 0 Å². The fourth-order valence-corrected chi connectivity index (χ4v) is 2.91. The number of benzene rings is 1. The van der Waals surface area contributed by atoms with E-state index in [4.69, 9.17) is 0 Å². The topological polar surface area (TPSA) is 16.1 Å². The zero-order valence-electron chi connectivity index (χ0n) is 11.1. The molecule has 98 valence electrons. The maximum Gasteiger partial charge on any atom is 0.128 e. The average molecular weight is 317 g/mol. The van der Waals surface area contributed by atoms with Crippen LogP contribution in [0.1, 0.15) is 23.1 Å². The number of hydrogen-bond donors (Lipinski definition) is 0. The van der Waals surface area contributed by atoms with Gasteiger partial charge >= 0.3 is 0 Å². The van der Waals surface area contributed by atoms with Gasteiger partial charge in [0.05, 0.1) is 0 Å². The first-order valence-electron chi connectivity index (χ1n) is 6.66. The SMILES string of the molecule is CN(Cc1ccc2c(c1)CCC2)c1ccc(Br)cn1. The number of pyridine rings is 1. The molecule has 1 aliphatic carbocycles. The van der Waals surface area contributed by atoms with Crippen LogP contribution in [0.25, 0.3) is 0 Å². The quantitative estimate of drug-likeness (QED) is 0.851. The van der Waals surface area contributed by atoms with E-state index in [9.17, 15) is 0 Å². The smallest absolute Gasteiger partial charge is 0.128 e. The molecule has 0 unspecified atom stereocenters. The number of rotatable bonds is 3. The molecule has 3 rings (SSSR count). The summed E-state index contributed by atoms with van der Waals surface area (Å²) in [5.74, 6) is 1.00. The van der Waals surface area contributed by atoms with Crippen molar-refractivity contribution in [2.75, 3.05) is 11.9 Å². The van der Waals surface area contributed by atoms with E-state index in [0.717, 1.165) is 16.8 Å². The summed E-state index contributed by atoms with van der Waals surface area (Å²) in [5, 5.41) is 0. The molecule has 3 heteroatoms. The molecule has 0 radical (unpaired) electrons. The van der Waals surface area contributed by atoms with Crippen LogP contribution in [0.4, 0.5) is 5.82 Å². The van der Waals surface area contributed by atoms with E-state index in [0.29, 0.717) is 0 Å². The van der Waals surface area contributed by atoms with Crippen molar-refractivity contribution in [3.8, 4) is 0 Å². The summed E-state index contributed by atoms with van der Waals surface area (Å²) in [7, 11) is 2.09. The first-order valence-corrected chi connectivity index (χ1v) is 7.45. The van der Waals surface area contributed by atoms with E-state index in [2.05, 4.69) is 51.1 Å². The molecule has 0 saturated carbocycles. The van der Waals surface area contributed by atoms with E-state index >= 15 is 0 Å². The normalized spacial score (nSPS) is 13.4. The number of nitrogens with zero attached hydrogens (tertiary/aromatic N) is 2. The number of halogens is 1. The van der Waals surface area contributed by atoms with E-state index in [1.54, 1.807) is 0 Å². The molecule has 0 aliphatic heterocycles. The Labute approximate surface area is 122 Å². The van der Waals surface area contributed by atoms with Gasteiger partial charge < -0.3 is 4.90 Å². The van der Waals surface area contributed by atoms with Crippen LogP contribution in [0, 0.1) is 0 Å². The van der Waals surface area contributed by atoms with Crippen molar-refractivity contribution >= 4 is 21.7 Å². The Morgan fingerprint density at radius 3 is 2.79 bits per heavy atom. The van der Waals surface area contributed by atoms with E-state index in [1.807, 2.05) is 18.3 Å². The van der Waals surface area contributed by atoms with Crippen LogP contribution >= 0.6 is 15.9 Å². The third kappa shape index (κ3) is 2.81. The molecular formula is C16H17BrN2. The fourth-order valence-electron chi connectivity index (χ4n) is 2.67. The lowest BCUT2D eigenvalue weighted by Crippen LogP contribution is -2.17. The Morgan fingerprint density at radius 2 is 2.00 bits per heavy atom. The number of fused-ring (bicyclic) bond motifs is 1. The molecule has 0 spiro atoms. The lowest BCUT2D eigenvalue weighted by molar-refractivity contribution is 0.892. The minimum Gasteiger partial charge on any atom is -0.355 e. The molecule has 0 amide bonds. The average Bonchev–Trinajstić information content (AvgIpc) is 2.87. The van der Waals surface area contributed by atoms with Gasteiger partial charge in [-0.15, -0.1) is 0 Å². The van der Waals surface area contributed by atoms with E-state index in [-0.39, 0.29) is 0 Å². The molecule has 19 heavy (non-hydrogen) atoms. The summed E-state index contributed by atoms with van der Waals surface area (Å²) >= 11 is 3.41. The van der Waals surface area contributed by atoms with Gasteiger partial charge in [-0.05, 0) is 64.0 Å². The van der Waals surface area contributed by atoms with Crippen LogP contribution in [-0.2, 0) is 19.4 Å². The molecule has 0 fully saturated rings. The summed E-state index contributed by atoms with van der Waals surface area (Å²) in [6, 6.07) is 11.0. The molecule has 0 bridgehead atoms. The highest BCUT2D eigenvalue weighted by Gasteiger charge is 2.11. The van der Waals surface area contributed by atoms with Crippen LogP contribution in [-0.4, -0.2) is 12.0 Å². The van der Waals surface area contributed by atoms with Gasteiger partial charge in [0.25, 0.3) is 0 Å². The molecule has 0 N–H and O–H groups in total. The first-order chi connectivity index (χ1) is 9.22. The Hall–Kier alpha value is -1.35. The molecule has 0 atom stereocenters. The zero-order valence-corrected chi connectivity index (χ0v) is 12.7. The lowest BCUT2D eigenvalue weighted by Gasteiger charge is -2.18. The third-order valence-corrected chi connectivity index (χ3v) is 4.15. The monoisotopic (exact) mass is 316 g/mol. The summed E-state index contributed by atoms with van der Waals surface area (Å²) in [5.41, 5.74) is 4.44. The van der Waals surface area contributed by atoms with Crippen LogP contribution in [0.3, 0.4) is 0 Å². The van der Waals surface area contributed by atoms with Crippen LogP contribution < -0.4 is 4.90 Å². The number of anilines is 1. The standard InChI is InChI=1S/C16H17BrN2/c1-19(16-8-7-15(17)10-18-16)11-12-5-6-13-3-2-4-14(13)9-12/h5-10H,2-4,11H2,1H3. The van der Waals surface area contributed by atoms with Gasteiger partial charge in [0, 0.05) is 24.3 Å². The highest BCUT2D eigenvalue weighted by atomic mass is 79.9. The predicted molar refractivity (Wildman–Crippen MR) is 82.5 cm³/mol. The molecule has 1 aromatic heterocycles. The highest BCUT2D eigenvalue weighted by molar-refractivity contribution is 9.10. The van der Waals surface area contributed by atoms with Gasteiger partial charge in [0.1, 0.15) is 5.82 Å². The molecule has 0 saturated heterocycles. The second-order valence-electron chi connectivity index (χ2n) is 5.15. The largest absolute Gasteiger partial charge is 0.355 e. The lowest BCUT2D eigenvalue weighted by atomic mass is 10.1. The fraction of sp³-hybridized carbons (Fsp3) is 0.312. The van der Waals surface area contributed by atoms with Crippen LogP contribution in [0.2, 0.25) is 0 Å². The zero-order chi connectivity index (χ0) is 13.2. The Morgan fingerprint density at radius 1 is 1.16 bits per heavy atom. The first kappa shape index (κ1) is 12.7. The predicted octanol–water partition coefficient (Wildman–Crippen LogP) is 3.97. The molecule has 2 aromatic rings.